The van der Waals surface area contributed by atoms with Crippen LogP contribution in [-0.2, 0) is 28.1 Å². The maximum atomic E-state index is 10.8. The van der Waals surface area contributed by atoms with E-state index in [0.29, 0.717) is 5.56 Å². The van der Waals surface area contributed by atoms with E-state index >= 15 is 0 Å². The van der Waals surface area contributed by atoms with E-state index in [0.717, 1.165) is 3.93 Å². The van der Waals surface area contributed by atoms with Gasteiger partial charge in [0.2, 0.25) is 0 Å². The van der Waals surface area contributed by atoms with Crippen LogP contribution >= 0.6 is 8.25 Å². The fraction of sp³-hybridized carbons (Fsp3) is 0.333. The zero-order valence-corrected chi connectivity index (χ0v) is 14.6. The minimum absolute atomic E-state index is 0.114. The molecule has 0 aliphatic carbocycles. The van der Waals surface area contributed by atoms with E-state index in [9.17, 15) is 10.1 Å². The number of rotatable bonds is 5. The van der Waals surface area contributed by atoms with Gasteiger partial charge in [0.05, 0.1) is 0 Å². The SMILES string of the molecule is COC([CH2][Hg][Cl])c1ccccc1[N+](=O)[O-]. The molecule has 78 valence electrons. The van der Waals surface area contributed by atoms with Gasteiger partial charge in [-0.3, -0.25) is 0 Å². The van der Waals surface area contributed by atoms with Crippen LogP contribution in [0.15, 0.2) is 24.3 Å². The Hall–Kier alpha value is -0.195. The summed E-state index contributed by atoms with van der Waals surface area (Å²) < 4.78 is 6.01. The minimum atomic E-state index is -1.37. The van der Waals surface area contributed by atoms with Gasteiger partial charge in [-0.1, -0.05) is 0 Å². The first-order chi connectivity index (χ1) is 7.20. The van der Waals surface area contributed by atoms with Gasteiger partial charge in [0.25, 0.3) is 0 Å². The summed E-state index contributed by atoms with van der Waals surface area (Å²) in [6.07, 6.45) is -0.217. The number of hydrogen-bond acceptors (Lipinski definition) is 3. The Kier molecular flexibility index (Phi) is 5.49. The van der Waals surface area contributed by atoms with Crippen molar-refractivity contribution < 1.29 is 33.0 Å². The quantitative estimate of drug-likeness (QED) is 0.422. The van der Waals surface area contributed by atoms with E-state index in [-0.39, 0.29) is 16.7 Å². The number of para-hydroxylation sites is 1. The number of hydrogen-bond donors (Lipinski definition) is 0. The van der Waals surface area contributed by atoms with Crippen molar-refractivity contribution in [3.05, 3.63) is 39.9 Å². The van der Waals surface area contributed by atoms with Gasteiger partial charge in [-0.15, -0.1) is 0 Å². The van der Waals surface area contributed by atoms with Gasteiger partial charge in [-0.25, -0.2) is 0 Å². The second kappa shape index (κ2) is 6.40. The Bertz CT molecular complexity index is 348. The van der Waals surface area contributed by atoms with Crippen molar-refractivity contribution in [2.24, 2.45) is 0 Å². The molecule has 0 radical (unpaired) electrons. The molecular weight excluding hydrogens is 406 g/mol. The summed E-state index contributed by atoms with van der Waals surface area (Å²) in [6.45, 7) is 0. The number of benzene rings is 1. The van der Waals surface area contributed by atoms with Crippen molar-refractivity contribution in [2.75, 3.05) is 7.11 Å². The number of nitrogens with zero attached hydrogens (tertiary/aromatic N) is 1. The molecule has 0 bridgehead atoms. The van der Waals surface area contributed by atoms with Crippen molar-refractivity contribution in [2.45, 2.75) is 10.0 Å². The fourth-order valence-electron chi connectivity index (χ4n) is 1.43. The van der Waals surface area contributed by atoms with Crippen molar-refractivity contribution >= 4 is 13.9 Å². The van der Waals surface area contributed by atoms with E-state index in [1.165, 1.54) is 6.07 Å². The van der Waals surface area contributed by atoms with Crippen LogP contribution in [0.5, 0.6) is 0 Å². The van der Waals surface area contributed by atoms with Crippen LogP contribution < -0.4 is 0 Å². The average molecular weight is 416 g/mol. The van der Waals surface area contributed by atoms with E-state index in [2.05, 4.69) is 0 Å². The summed E-state index contributed by atoms with van der Waals surface area (Å²) in [5, 5.41) is 10.8. The van der Waals surface area contributed by atoms with E-state index < -0.39 is 23.3 Å². The predicted octanol–water partition coefficient (Wildman–Crippen LogP) is 2.94. The van der Waals surface area contributed by atoms with Crippen molar-refractivity contribution in [3.8, 4) is 0 Å². The molecular formula is C9H10ClHgNO3. The molecule has 0 amide bonds. The first kappa shape index (κ1) is 12.9. The molecule has 0 fully saturated rings. The third-order valence-corrected chi connectivity index (χ3v) is 6.94. The number of nitro benzene ring substituents is 1. The van der Waals surface area contributed by atoms with E-state index in [4.69, 9.17) is 13.0 Å². The van der Waals surface area contributed by atoms with Crippen molar-refractivity contribution in [3.63, 3.8) is 0 Å². The first-order valence-corrected chi connectivity index (χ1v) is 15.2. The van der Waals surface area contributed by atoms with Crippen LogP contribution in [0.25, 0.3) is 0 Å². The summed E-state index contributed by atoms with van der Waals surface area (Å²) in [6, 6.07) is 6.65. The maximum absolute atomic E-state index is 10.8. The normalized spacial score (nSPS) is 11.9. The number of ether oxygens (including phenoxy) is 1. The molecule has 0 aromatic heterocycles. The van der Waals surface area contributed by atoms with Gasteiger partial charge >= 0.3 is 104 Å². The molecule has 0 aliphatic heterocycles. The Morgan fingerprint density at radius 1 is 1.60 bits per heavy atom. The molecule has 15 heavy (non-hydrogen) atoms. The van der Waals surface area contributed by atoms with Gasteiger partial charge < -0.3 is 0 Å². The standard InChI is InChI=1S/C9H10NO3.ClH.Hg/c1-7(13-2)8-5-3-4-6-9(8)10(11)12;;/h3-7H,1H2,2H3;1H;/q;;+1/p-1. The Morgan fingerprint density at radius 2 is 2.27 bits per heavy atom. The van der Waals surface area contributed by atoms with Crippen LogP contribution in [-0.4, -0.2) is 12.0 Å². The molecule has 0 saturated carbocycles. The summed E-state index contributed by atoms with van der Waals surface area (Å²) in [5.41, 5.74) is 0.744. The number of methoxy groups -OCH3 is 1. The third kappa shape index (κ3) is 3.39. The molecule has 0 aliphatic rings. The summed E-state index contributed by atoms with van der Waals surface area (Å²) >= 11 is -1.37. The second-order valence-corrected chi connectivity index (χ2v) is 10.0. The predicted molar refractivity (Wildman–Crippen MR) is 53.5 cm³/mol. The monoisotopic (exact) mass is 417 g/mol. The van der Waals surface area contributed by atoms with Gasteiger partial charge in [0.1, 0.15) is 0 Å². The fourth-order valence-corrected chi connectivity index (χ4v) is 6.06. The van der Waals surface area contributed by atoms with E-state index in [1.54, 1.807) is 25.3 Å². The summed E-state index contributed by atoms with van der Waals surface area (Å²) in [4.78, 5) is 10.4. The molecule has 0 spiro atoms. The van der Waals surface area contributed by atoms with Crippen LogP contribution in [0.4, 0.5) is 5.69 Å². The van der Waals surface area contributed by atoms with Crippen molar-refractivity contribution in [1.29, 1.82) is 0 Å². The summed E-state index contributed by atoms with van der Waals surface area (Å²) in [7, 11) is 7.39. The van der Waals surface area contributed by atoms with E-state index in [1.807, 2.05) is 0 Å². The molecule has 0 N–H and O–H groups in total. The molecule has 6 heteroatoms. The molecule has 0 heterocycles. The second-order valence-electron chi connectivity index (χ2n) is 3.02. The van der Waals surface area contributed by atoms with Crippen LogP contribution in [0, 0.1) is 10.1 Å². The van der Waals surface area contributed by atoms with Gasteiger partial charge in [-0.05, 0) is 0 Å². The average Bonchev–Trinajstić information content (AvgIpc) is 2.26. The van der Waals surface area contributed by atoms with Gasteiger partial charge in [-0.2, -0.15) is 0 Å². The Morgan fingerprint density at radius 3 is 2.80 bits per heavy atom. The molecule has 1 unspecified atom stereocenters. The van der Waals surface area contributed by atoms with Gasteiger partial charge in [0, 0.05) is 0 Å². The van der Waals surface area contributed by atoms with Crippen LogP contribution in [0.3, 0.4) is 0 Å². The first-order valence-electron chi connectivity index (χ1n) is 4.52. The summed E-state index contributed by atoms with van der Waals surface area (Å²) in [5.74, 6) is 0. The molecule has 1 aromatic rings. The molecule has 0 saturated heterocycles. The topological polar surface area (TPSA) is 52.4 Å². The van der Waals surface area contributed by atoms with Crippen LogP contribution in [0.2, 0.25) is 3.93 Å². The molecule has 4 nitrogen and oxygen atoms in total. The zero-order valence-electron chi connectivity index (χ0n) is 8.35. The molecule has 1 aromatic carbocycles. The van der Waals surface area contributed by atoms with Gasteiger partial charge in [0.15, 0.2) is 0 Å². The Balaban J connectivity index is 3.04. The number of halogens is 1. The van der Waals surface area contributed by atoms with Crippen LogP contribution in [0.1, 0.15) is 11.7 Å². The Labute approximate surface area is 104 Å². The van der Waals surface area contributed by atoms with Crippen molar-refractivity contribution in [1.82, 2.24) is 0 Å². The zero-order chi connectivity index (χ0) is 11.3. The number of nitro groups is 1. The third-order valence-electron chi connectivity index (χ3n) is 2.14. The molecule has 1 atom stereocenters. The molecule has 1 rings (SSSR count).